The predicted molar refractivity (Wildman–Crippen MR) is 48.9 cm³/mol. The van der Waals surface area contributed by atoms with Crippen LogP contribution in [0, 0.1) is 0 Å². The summed E-state index contributed by atoms with van der Waals surface area (Å²) in [7, 11) is 0. The van der Waals surface area contributed by atoms with Gasteiger partial charge in [0.15, 0.2) is 0 Å². The molecule has 0 saturated carbocycles. The molecular weight excluding hydrogens is 196 g/mol. The maximum Gasteiger partial charge on any atom is 0.271 e. The molecule has 0 aliphatic carbocycles. The second kappa shape index (κ2) is 3.60. The Morgan fingerprint density at radius 1 is 1.46 bits per heavy atom. The van der Waals surface area contributed by atoms with Gasteiger partial charge in [-0.25, -0.2) is 8.78 Å². The maximum absolute atomic E-state index is 12.9. The molecule has 0 spiro atoms. The summed E-state index contributed by atoms with van der Waals surface area (Å²) in [6.07, 6.45) is 0. The molecule has 72 valence electrons. The molecule has 1 nitrogen and oxygen atoms in total. The summed E-state index contributed by atoms with van der Waals surface area (Å²) >= 11 is 5.73. The van der Waals surface area contributed by atoms with Crippen molar-refractivity contribution in [2.24, 2.45) is 5.73 Å². The van der Waals surface area contributed by atoms with Crippen LogP contribution in [-0.2, 0) is 12.5 Å². The van der Waals surface area contributed by atoms with E-state index in [9.17, 15) is 8.78 Å². The van der Waals surface area contributed by atoms with Crippen molar-refractivity contribution in [3.8, 4) is 0 Å². The third-order valence-electron chi connectivity index (χ3n) is 1.77. The van der Waals surface area contributed by atoms with Crippen molar-refractivity contribution in [3.63, 3.8) is 0 Å². The van der Waals surface area contributed by atoms with Crippen LogP contribution in [-0.4, -0.2) is 0 Å². The van der Waals surface area contributed by atoms with Gasteiger partial charge in [0.25, 0.3) is 5.92 Å². The maximum atomic E-state index is 12.9. The van der Waals surface area contributed by atoms with Gasteiger partial charge in [-0.3, -0.25) is 0 Å². The molecule has 0 radical (unpaired) electrons. The average molecular weight is 206 g/mol. The molecule has 1 aromatic carbocycles. The van der Waals surface area contributed by atoms with Gasteiger partial charge < -0.3 is 5.73 Å². The van der Waals surface area contributed by atoms with Gasteiger partial charge in [-0.1, -0.05) is 29.8 Å². The van der Waals surface area contributed by atoms with Crippen LogP contribution in [0.1, 0.15) is 18.1 Å². The largest absolute Gasteiger partial charge is 0.326 e. The van der Waals surface area contributed by atoms with Gasteiger partial charge in [0.1, 0.15) is 0 Å². The van der Waals surface area contributed by atoms with Gasteiger partial charge in [-0.05, 0) is 5.56 Å². The number of benzene rings is 1. The molecule has 2 N–H and O–H groups in total. The monoisotopic (exact) mass is 205 g/mol. The van der Waals surface area contributed by atoms with Crippen molar-refractivity contribution in [1.29, 1.82) is 0 Å². The van der Waals surface area contributed by atoms with E-state index >= 15 is 0 Å². The highest BCUT2D eigenvalue weighted by Gasteiger charge is 2.27. The normalized spacial score (nSPS) is 11.8. The van der Waals surface area contributed by atoms with E-state index in [0.29, 0.717) is 5.56 Å². The molecule has 1 aromatic rings. The van der Waals surface area contributed by atoms with E-state index in [1.165, 1.54) is 12.1 Å². The molecule has 0 aliphatic heterocycles. The van der Waals surface area contributed by atoms with Crippen LogP contribution in [0.2, 0.25) is 5.02 Å². The van der Waals surface area contributed by atoms with Crippen LogP contribution < -0.4 is 5.73 Å². The van der Waals surface area contributed by atoms with Gasteiger partial charge >= 0.3 is 0 Å². The Balaban J connectivity index is 3.24. The van der Waals surface area contributed by atoms with Crippen LogP contribution in [0.4, 0.5) is 8.78 Å². The quantitative estimate of drug-likeness (QED) is 0.790. The molecule has 0 unspecified atom stereocenters. The SMILES string of the molecule is CC(F)(F)c1cccc(CN)c1Cl. The van der Waals surface area contributed by atoms with Crippen molar-refractivity contribution in [2.45, 2.75) is 19.4 Å². The van der Waals surface area contributed by atoms with Gasteiger partial charge in [0, 0.05) is 19.0 Å². The fraction of sp³-hybridized carbons (Fsp3) is 0.333. The minimum Gasteiger partial charge on any atom is -0.326 e. The van der Waals surface area contributed by atoms with Crippen molar-refractivity contribution in [2.75, 3.05) is 0 Å². The highest BCUT2D eigenvalue weighted by Crippen LogP contribution is 2.34. The molecule has 0 saturated heterocycles. The molecule has 4 heteroatoms. The fourth-order valence-electron chi connectivity index (χ4n) is 1.08. The van der Waals surface area contributed by atoms with E-state index in [1.54, 1.807) is 6.07 Å². The van der Waals surface area contributed by atoms with E-state index in [0.717, 1.165) is 6.92 Å². The van der Waals surface area contributed by atoms with E-state index in [-0.39, 0.29) is 17.1 Å². The number of rotatable bonds is 2. The Morgan fingerprint density at radius 2 is 2.08 bits per heavy atom. The molecule has 0 heterocycles. The summed E-state index contributed by atoms with van der Waals surface area (Å²) < 4.78 is 25.8. The van der Waals surface area contributed by atoms with Gasteiger partial charge in [0.2, 0.25) is 0 Å². The number of halogens is 3. The Labute approximate surface area is 80.5 Å². The highest BCUT2D eigenvalue weighted by molar-refractivity contribution is 6.32. The molecular formula is C9H10ClF2N. The van der Waals surface area contributed by atoms with E-state index < -0.39 is 5.92 Å². The smallest absolute Gasteiger partial charge is 0.271 e. The molecule has 0 bridgehead atoms. The number of hydrogen-bond donors (Lipinski definition) is 1. The highest BCUT2D eigenvalue weighted by atomic mass is 35.5. The molecule has 1 rings (SSSR count). The molecule has 0 aliphatic rings. The lowest BCUT2D eigenvalue weighted by atomic mass is 10.1. The Hall–Kier alpha value is -0.670. The fourth-order valence-corrected chi connectivity index (χ4v) is 1.45. The summed E-state index contributed by atoms with van der Waals surface area (Å²) in [6, 6.07) is 4.47. The molecule has 13 heavy (non-hydrogen) atoms. The number of nitrogens with two attached hydrogens (primary N) is 1. The van der Waals surface area contributed by atoms with Crippen molar-refractivity contribution in [1.82, 2.24) is 0 Å². The van der Waals surface area contributed by atoms with Gasteiger partial charge in [-0.15, -0.1) is 0 Å². The van der Waals surface area contributed by atoms with Gasteiger partial charge in [0.05, 0.1) is 5.02 Å². The van der Waals surface area contributed by atoms with E-state index in [4.69, 9.17) is 17.3 Å². The number of hydrogen-bond acceptors (Lipinski definition) is 1. The first-order chi connectivity index (χ1) is 5.96. The zero-order valence-electron chi connectivity index (χ0n) is 7.15. The first kappa shape index (κ1) is 10.4. The number of alkyl halides is 2. The second-order valence-electron chi connectivity index (χ2n) is 2.87. The standard InChI is InChI=1S/C9H10ClF2N/c1-9(11,12)7-4-2-3-6(5-13)8(7)10/h2-4H,5,13H2,1H3. The molecule has 0 amide bonds. The molecule has 0 fully saturated rings. The topological polar surface area (TPSA) is 26.0 Å². The zero-order chi connectivity index (χ0) is 10.1. The third-order valence-corrected chi connectivity index (χ3v) is 2.22. The summed E-state index contributed by atoms with van der Waals surface area (Å²) in [5.74, 6) is -2.91. The summed E-state index contributed by atoms with van der Waals surface area (Å²) in [5, 5.41) is 0.0671. The summed E-state index contributed by atoms with van der Waals surface area (Å²) in [4.78, 5) is 0. The Bertz CT molecular complexity index is 307. The Kier molecular flexibility index (Phi) is 2.88. The minimum absolute atomic E-state index is 0.0671. The van der Waals surface area contributed by atoms with E-state index in [2.05, 4.69) is 0 Å². The lowest BCUT2D eigenvalue weighted by Gasteiger charge is -2.14. The lowest BCUT2D eigenvalue weighted by Crippen LogP contribution is -2.10. The average Bonchev–Trinajstić information content (AvgIpc) is 2.02. The van der Waals surface area contributed by atoms with Crippen LogP contribution >= 0.6 is 11.6 Å². The Morgan fingerprint density at radius 3 is 2.54 bits per heavy atom. The van der Waals surface area contributed by atoms with Crippen molar-refractivity contribution in [3.05, 3.63) is 34.3 Å². The van der Waals surface area contributed by atoms with Crippen molar-refractivity contribution < 1.29 is 8.78 Å². The summed E-state index contributed by atoms with van der Waals surface area (Å²) in [5.41, 5.74) is 5.71. The third kappa shape index (κ3) is 2.17. The first-order valence-electron chi connectivity index (χ1n) is 3.82. The van der Waals surface area contributed by atoms with Crippen molar-refractivity contribution >= 4 is 11.6 Å². The minimum atomic E-state index is -2.91. The van der Waals surface area contributed by atoms with Crippen LogP contribution in [0.3, 0.4) is 0 Å². The van der Waals surface area contributed by atoms with Crippen LogP contribution in [0.5, 0.6) is 0 Å². The first-order valence-corrected chi connectivity index (χ1v) is 4.20. The zero-order valence-corrected chi connectivity index (χ0v) is 7.91. The van der Waals surface area contributed by atoms with Crippen LogP contribution in [0.25, 0.3) is 0 Å². The van der Waals surface area contributed by atoms with Crippen LogP contribution in [0.15, 0.2) is 18.2 Å². The predicted octanol–water partition coefficient (Wildman–Crippen LogP) is 2.91. The van der Waals surface area contributed by atoms with E-state index in [1.807, 2.05) is 0 Å². The molecule has 0 atom stereocenters. The second-order valence-corrected chi connectivity index (χ2v) is 3.25. The summed E-state index contributed by atoms with van der Waals surface area (Å²) in [6.45, 7) is 0.983. The molecule has 0 aromatic heterocycles. The lowest BCUT2D eigenvalue weighted by molar-refractivity contribution is 0.0175. The van der Waals surface area contributed by atoms with Gasteiger partial charge in [-0.2, -0.15) is 0 Å².